The molecular weight excluding hydrogens is 249 g/mol. The highest BCUT2D eigenvalue weighted by Crippen LogP contribution is 2.06. The highest BCUT2D eigenvalue weighted by Gasteiger charge is 1.97. The fourth-order valence-corrected chi connectivity index (χ4v) is 1.92. The largest absolute Gasteiger partial charge is 0.371 e. The summed E-state index contributed by atoms with van der Waals surface area (Å²) in [6.07, 6.45) is 0.822. The normalized spacial score (nSPS) is 10.3. The molecular formula is C13H14FN3S. The number of nitrogens with zero attached hydrogens (tertiary/aromatic N) is 1. The maximum absolute atomic E-state index is 12.7. The molecule has 0 aliphatic rings. The lowest BCUT2D eigenvalue weighted by molar-refractivity contribution is 0.627. The standard InChI is InChI=1S/C13H14FN3S/c1-9-16-12(8-13(18)17-9)15-7-6-10-2-4-11(14)5-3-10/h2-5,8H,6-7H2,1H3,(H2,15,16,17,18). The molecule has 18 heavy (non-hydrogen) atoms. The van der Waals surface area contributed by atoms with E-state index in [1.807, 2.05) is 6.92 Å². The Morgan fingerprint density at radius 2 is 2.06 bits per heavy atom. The van der Waals surface area contributed by atoms with Crippen molar-refractivity contribution in [2.45, 2.75) is 13.3 Å². The maximum atomic E-state index is 12.7. The lowest BCUT2D eigenvalue weighted by Crippen LogP contribution is -2.07. The zero-order valence-electron chi connectivity index (χ0n) is 10.0. The number of H-pyrrole nitrogens is 1. The number of aromatic nitrogens is 2. The van der Waals surface area contributed by atoms with Crippen LogP contribution in [0.5, 0.6) is 0 Å². The van der Waals surface area contributed by atoms with Crippen LogP contribution in [0.3, 0.4) is 0 Å². The minimum Gasteiger partial charge on any atom is -0.371 e. The summed E-state index contributed by atoms with van der Waals surface area (Å²) >= 11 is 5.03. The summed E-state index contributed by atoms with van der Waals surface area (Å²) in [5.74, 6) is 1.43. The van der Waals surface area contributed by atoms with Gasteiger partial charge in [0.1, 0.15) is 22.1 Å². The summed E-state index contributed by atoms with van der Waals surface area (Å²) < 4.78 is 13.3. The van der Waals surface area contributed by atoms with E-state index in [-0.39, 0.29) is 5.82 Å². The molecule has 94 valence electrons. The number of anilines is 1. The van der Waals surface area contributed by atoms with Crippen LogP contribution in [0.25, 0.3) is 0 Å². The van der Waals surface area contributed by atoms with Gasteiger partial charge >= 0.3 is 0 Å². The Kier molecular flexibility index (Phi) is 4.04. The van der Waals surface area contributed by atoms with Crippen molar-refractivity contribution in [2.24, 2.45) is 0 Å². The molecule has 0 aliphatic carbocycles. The predicted molar refractivity (Wildman–Crippen MR) is 72.8 cm³/mol. The minimum absolute atomic E-state index is 0.208. The lowest BCUT2D eigenvalue weighted by Gasteiger charge is -2.07. The summed E-state index contributed by atoms with van der Waals surface area (Å²) in [4.78, 5) is 7.18. The molecule has 0 radical (unpaired) electrons. The first-order valence-electron chi connectivity index (χ1n) is 5.70. The molecule has 0 amide bonds. The van der Waals surface area contributed by atoms with Crippen LogP contribution < -0.4 is 5.32 Å². The summed E-state index contributed by atoms with van der Waals surface area (Å²) in [6, 6.07) is 8.31. The summed E-state index contributed by atoms with van der Waals surface area (Å²) in [5, 5.41) is 3.23. The Balaban J connectivity index is 1.92. The molecule has 0 spiro atoms. The average molecular weight is 263 g/mol. The van der Waals surface area contributed by atoms with Gasteiger partial charge in [0.2, 0.25) is 0 Å². The summed E-state index contributed by atoms with van der Waals surface area (Å²) in [5.41, 5.74) is 1.09. The number of hydrogen-bond acceptors (Lipinski definition) is 3. The summed E-state index contributed by atoms with van der Waals surface area (Å²) in [7, 11) is 0. The molecule has 0 fully saturated rings. The van der Waals surface area contributed by atoms with Crippen LogP contribution in [0.4, 0.5) is 10.2 Å². The Labute approximate surface area is 110 Å². The second-order valence-corrected chi connectivity index (χ2v) is 4.44. The first-order chi connectivity index (χ1) is 8.63. The van der Waals surface area contributed by atoms with E-state index >= 15 is 0 Å². The van der Waals surface area contributed by atoms with Gasteiger partial charge in [-0.3, -0.25) is 0 Å². The van der Waals surface area contributed by atoms with Gasteiger partial charge in [-0.15, -0.1) is 0 Å². The second-order valence-electron chi connectivity index (χ2n) is 4.02. The Morgan fingerprint density at radius 1 is 1.33 bits per heavy atom. The van der Waals surface area contributed by atoms with Crippen LogP contribution in [-0.4, -0.2) is 16.5 Å². The van der Waals surface area contributed by atoms with Crippen LogP contribution >= 0.6 is 12.2 Å². The van der Waals surface area contributed by atoms with Crippen molar-refractivity contribution in [1.82, 2.24) is 9.97 Å². The van der Waals surface area contributed by atoms with Crippen LogP contribution in [0, 0.1) is 17.4 Å². The minimum atomic E-state index is -0.208. The topological polar surface area (TPSA) is 40.7 Å². The van der Waals surface area contributed by atoms with Crippen molar-refractivity contribution in [2.75, 3.05) is 11.9 Å². The third-order valence-corrected chi connectivity index (χ3v) is 2.71. The Hall–Kier alpha value is -1.75. The molecule has 0 unspecified atom stereocenters. The van der Waals surface area contributed by atoms with Gasteiger partial charge in [-0.2, -0.15) is 0 Å². The van der Waals surface area contributed by atoms with Crippen LogP contribution in [0.15, 0.2) is 30.3 Å². The second kappa shape index (κ2) is 5.73. The lowest BCUT2D eigenvalue weighted by atomic mass is 10.1. The van der Waals surface area contributed by atoms with E-state index in [1.165, 1.54) is 12.1 Å². The number of benzene rings is 1. The van der Waals surface area contributed by atoms with Gasteiger partial charge < -0.3 is 10.3 Å². The molecule has 2 aromatic rings. The van der Waals surface area contributed by atoms with Gasteiger partial charge in [0, 0.05) is 12.6 Å². The molecule has 5 heteroatoms. The van der Waals surface area contributed by atoms with Gasteiger partial charge in [0.25, 0.3) is 0 Å². The zero-order chi connectivity index (χ0) is 13.0. The highest BCUT2D eigenvalue weighted by molar-refractivity contribution is 7.71. The fraction of sp³-hybridized carbons (Fsp3) is 0.231. The van der Waals surface area contributed by atoms with E-state index in [0.29, 0.717) is 4.64 Å². The summed E-state index contributed by atoms with van der Waals surface area (Å²) in [6.45, 7) is 2.61. The van der Waals surface area contributed by atoms with Gasteiger partial charge in [0.05, 0.1) is 0 Å². The molecule has 0 saturated heterocycles. The quantitative estimate of drug-likeness (QED) is 0.832. The molecule has 3 nitrogen and oxygen atoms in total. The smallest absolute Gasteiger partial charge is 0.131 e. The third kappa shape index (κ3) is 3.63. The molecule has 0 aliphatic heterocycles. The Bertz CT molecular complexity index is 578. The van der Waals surface area contributed by atoms with Crippen molar-refractivity contribution in [1.29, 1.82) is 0 Å². The first kappa shape index (κ1) is 12.7. The van der Waals surface area contributed by atoms with E-state index < -0.39 is 0 Å². The number of hydrogen-bond donors (Lipinski definition) is 2. The fourth-order valence-electron chi connectivity index (χ4n) is 1.67. The van der Waals surface area contributed by atoms with Gasteiger partial charge in [-0.25, -0.2) is 9.37 Å². The number of aryl methyl sites for hydroxylation is 1. The molecule has 1 aromatic heterocycles. The van der Waals surface area contributed by atoms with Crippen molar-refractivity contribution in [3.8, 4) is 0 Å². The monoisotopic (exact) mass is 263 g/mol. The first-order valence-corrected chi connectivity index (χ1v) is 6.10. The van der Waals surface area contributed by atoms with Crippen LogP contribution in [0.2, 0.25) is 0 Å². The molecule has 2 rings (SSSR count). The van der Waals surface area contributed by atoms with Gasteiger partial charge in [0.15, 0.2) is 0 Å². The molecule has 0 bridgehead atoms. The van der Waals surface area contributed by atoms with Crippen LogP contribution in [-0.2, 0) is 6.42 Å². The van der Waals surface area contributed by atoms with Gasteiger partial charge in [-0.1, -0.05) is 24.4 Å². The van der Waals surface area contributed by atoms with Crippen molar-refractivity contribution in [3.63, 3.8) is 0 Å². The van der Waals surface area contributed by atoms with Gasteiger partial charge in [-0.05, 0) is 31.0 Å². The van der Waals surface area contributed by atoms with E-state index in [1.54, 1.807) is 18.2 Å². The molecule has 0 saturated carbocycles. The number of rotatable bonds is 4. The number of aromatic amines is 1. The SMILES string of the molecule is Cc1nc(=S)cc(NCCc2ccc(F)cc2)[nH]1. The van der Waals surface area contributed by atoms with Crippen LogP contribution in [0.1, 0.15) is 11.4 Å². The maximum Gasteiger partial charge on any atom is 0.131 e. The third-order valence-electron chi connectivity index (χ3n) is 2.50. The molecule has 1 aromatic carbocycles. The van der Waals surface area contributed by atoms with E-state index in [0.717, 1.165) is 30.2 Å². The van der Waals surface area contributed by atoms with Crippen molar-refractivity contribution >= 4 is 18.0 Å². The molecule has 0 atom stereocenters. The highest BCUT2D eigenvalue weighted by atomic mass is 32.1. The van der Waals surface area contributed by atoms with Crippen molar-refractivity contribution in [3.05, 3.63) is 52.2 Å². The number of halogens is 1. The molecule has 2 N–H and O–H groups in total. The zero-order valence-corrected chi connectivity index (χ0v) is 10.9. The molecule has 1 heterocycles. The number of nitrogens with one attached hydrogen (secondary N) is 2. The van der Waals surface area contributed by atoms with E-state index in [9.17, 15) is 4.39 Å². The average Bonchev–Trinajstić information content (AvgIpc) is 2.30. The Morgan fingerprint density at radius 3 is 2.72 bits per heavy atom. The van der Waals surface area contributed by atoms with E-state index in [4.69, 9.17) is 12.2 Å². The predicted octanol–water partition coefficient (Wildman–Crippen LogP) is 3.24. The van der Waals surface area contributed by atoms with Crippen molar-refractivity contribution < 1.29 is 4.39 Å². The van der Waals surface area contributed by atoms with E-state index in [2.05, 4.69) is 15.3 Å².